The number of benzene rings is 1. The third-order valence-electron chi connectivity index (χ3n) is 2.95. The summed E-state index contributed by atoms with van der Waals surface area (Å²) in [5, 5.41) is 0. The molecule has 1 aromatic rings. The maximum Gasteiger partial charge on any atom is 0.136 e. The van der Waals surface area contributed by atoms with E-state index in [1.165, 1.54) is 12.1 Å². The molecule has 102 valence electrons. The van der Waals surface area contributed by atoms with E-state index in [4.69, 9.17) is 10.5 Å². The van der Waals surface area contributed by atoms with Crippen LogP contribution in [-0.2, 0) is 0 Å². The fourth-order valence-electron chi connectivity index (χ4n) is 1.58. The van der Waals surface area contributed by atoms with Crippen LogP contribution in [0.2, 0.25) is 0 Å². The molecule has 0 bridgehead atoms. The molecule has 0 heterocycles. The third-order valence-corrected chi connectivity index (χ3v) is 3.61. The number of nitrogens with two attached hydrogens (primary N) is 1. The molecule has 0 saturated heterocycles. The molecular weight excluding hydrogens is 297 g/mol. The second-order valence-electron chi connectivity index (χ2n) is 5.25. The molecule has 1 rings (SSSR count). The lowest BCUT2D eigenvalue weighted by molar-refractivity contribution is 0.277. The highest BCUT2D eigenvalue weighted by molar-refractivity contribution is 9.10. The van der Waals surface area contributed by atoms with Gasteiger partial charge in [0.05, 0.1) is 11.1 Å². The van der Waals surface area contributed by atoms with Gasteiger partial charge in [0.25, 0.3) is 0 Å². The minimum absolute atomic E-state index is 0.194. The van der Waals surface area contributed by atoms with E-state index in [0.717, 1.165) is 23.7 Å². The number of rotatable bonds is 7. The summed E-state index contributed by atoms with van der Waals surface area (Å²) in [5.74, 6) is 0.283. The monoisotopic (exact) mass is 317 g/mol. The highest BCUT2D eigenvalue weighted by Gasteiger charge is 2.14. The van der Waals surface area contributed by atoms with E-state index < -0.39 is 0 Å². The molecule has 18 heavy (non-hydrogen) atoms. The van der Waals surface area contributed by atoms with Crippen molar-refractivity contribution in [1.82, 2.24) is 0 Å². The Morgan fingerprint density at radius 2 is 2.06 bits per heavy atom. The van der Waals surface area contributed by atoms with Crippen molar-refractivity contribution in [3.63, 3.8) is 0 Å². The van der Waals surface area contributed by atoms with Crippen LogP contribution in [0.3, 0.4) is 0 Å². The van der Waals surface area contributed by atoms with E-state index in [1.54, 1.807) is 6.07 Å². The van der Waals surface area contributed by atoms with Crippen LogP contribution >= 0.6 is 15.9 Å². The summed E-state index contributed by atoms with van der Waals surface area (Å²) in [6.07, 6.45) is 3.10. The lowest BCUT2D eigenvalue weighted by Gasteiger charge is -2.21. The first-order valence-corrected chi connectivity index (χ1v) is 7.02. The molecular formula is C14H21BrFNO. The molecule has 0 atom stereocenters. The van der Waals surface area contributed by atoms with Crippen LogP contribution < -0.4 is 10.5 Å². The predicted octanol–water partition coefficient (Wildman–Crippen LogP) is 4.12. The summed E-state index contributed by atoms with van der Waals surface area (Å²) in [5.41, 5.74) is 5.86. The summed E-state index contributed by atoms with van der Waals surface area (Å²) in [6, 6.07) is 4.46. The van der Waals surface area contributed by atoms with Crippen LogP contribution in [0.5, 0.6) is 5.75 Å². The quantitative estimate of drug-likeness (QED) is 0.768. The van der Waals surface area contributed by atoms with Crippen LogP contribution in [0.15, 0.2) is 22.7 Å². The van der Waals surface area contributed by atoms with E-state index in [2.05, 4.69) is 29.8 Å². The molecule has 0 fully saturated rings. The molecule has 2 nitrogen and oxygen atoms in total. The van der Waals surface area contributed by atoms with E-state index >= 15 is 0 Å². The molecule has 0 radical (unpaired) electrons. The van der Waals surface area contributed by atoms with Crippen molar-refractivity contribution in [2.75, 3.05) is 13.2 Å². The van der Waals surface area contributed by atoms with Gasteiger partial charge in [0, 0.05) is 6.07 Å². The first-order chi connectivity index (χ1) is 8.44. The maximum atomic E-state index is 13.0. The number of hydrogen-bond acceptors (Lipinski definition) is 2. The highest BCUT2D eigenvalue weighted by atomic mass is 79.9. The zero-order chi connectivity index (χ0) is 13.6. The molecule has 0 amide bonds. The lowest BCUT2D eigenvalue weighted by Crippen LogP contribution is -2.23. The van der Waals surface area contributed by atoms with Crippen molar-refractivity contribution >= 4 is 15.9 Å². The average molecular weight is 318 g/mol. The molecule has 0 unspecified atom stereocenters. The van der Waals surface area contributed by atoms with Crippen molar-refractivity contribution in [2.24, 2.45) is 11.1 Å². The predicted molar refractivity (Wildman–Crippen MR) is 76.3 cm³/mol. The van der Waals surface area contributed by atoms with E-state index in [0.29, 0.717) is 18.9 Å². The van der Waals surface area contributed by atoms with Crippen LogP contribution in [0, 0.1) is 11.2 Å². The van der Waals surface area contributed by atoms with Gasteiger partial charge in [-0.3, -0.25) is 0 Å². The number of halogens is 2. The van der Waals surface area contributed by atoms with Gasteiger partial charge in [-0.1, -0.05) is 13.8 Å². The Labute approximate surface area is 117 Å². The first-order valence-electron chi connectivity index (χ1n) is 6.22. The van der Waals surface area contributed by atoms with E-state index in [1.807, 2.05) is 0 Å². The van der Waals surface area contributed by atoms with Crippen molar-refractivity contribution in [3.05, 3.63) is 28.5 Å². The minimum Gasteiger partial charge on any atom is -0.492 e. The van der Waals surface area contributed by atoms with Gasteiger partial charge in [0.2, 0.25) is 0 Å². The van der Waals surface area contributed by atoms with Crippen LogP contribution in [-0.4, -0.2) is 13.2 Å². The van der Waals surface area contributed by atoms with Gasteiger partial charge in [0.1, 0.15) is 11.6 Å². The summed E-state index contributed by atoms with van der Waals surface area (Å²) >= 11 is 3.33. The Hall–Kier alpha value is -0.610. The van der Waals surface area contributed by atoms with Crippen LogP contribution in [0.25, 0.3) is 0 Å². The van der Waals surface area contributed by atoms with E-state index in [9.17, 15) is 4.39 Å². The smallest absolute Gasteiger partial charge is 0.136 e. The van der Waals surface area contributed by atoms with Gasteiger partial charge < -0.3 is 10.5 Å². The zero-order valence-corrected chi connectivity index (χ0v) is 12.6. The molecule has 0 saturated carbocycles. The Kier molecular flexibility index (Phi) is 6.09. The molecule has 0 aliphatic heterocycles. The molecule has 2 N–H and O–H groups in total. The van der Waals surface area contributed by atoms with Gasteiger partial charge in [-0.05, 0) is 59.3 Å². The Morgan fingerprint density at radius 1 is 1.33 bits per heavy atom. The SMILES string of the molecule is CC(C)(CN)CCCCOc1cc(F)ccc1Br. The highest BCUT2D eigenvalue weighted by Crippen LogP contribution is 2.26. The summed E-state index contributed by atoms with van der Waals surface area (Å²) in [4.78, 5) is 0. The number of ether oxygens (including phenoxy) is 1. The third kappa shape index (κ3) is 5.36. The molecule has 1 aromatic carbocycles. The summed E-state index contributed by atoms with van der Waals surface area (Å²) in [6.45, 7) is 5.63. The summed E-state index contributed by atoms with van der Waals surface area (Å²) < 4.78 is 19.3. The van der Waals surface area contributed by atoms with E-state index in [-0.39, 0.29) is 11.2 Å². The zero-order valence-electron chi connectivity index (χ0n) is 11.0. The lowest BCUT2D eigenvalue weighted by atomic mass is 9.87. The van der Waals surface area contributed by atoms with Gasteiger partial charge in [0.15, 0.2) is 0 Å². The van der Waals surface area contributed by atoms with Crippen molar-refractivity contribution in [2.45, 2.75) is 33.1 Å². The van der Waals surface area contributed by atoms with Crippen LogP contribution in [0.4, 0.5) is 4.39 Å². The van der Waals surface area contributed by atoms with Gasteiger partial charge >= 0.3 is 0 Å². The van der Waals surface area contributed by atoms with Gasteiger partial charge in [-0.15, -0.1) is 0 Å². The minimum atomic E-state index is -0.280. The van der Waals surface area contributed by atoms with Gasteiger partial charge in [-0.2, -0.15) is 0 Å². The van der Waals surface area contributed by atoms with Crippen LogP contribution in [0.1, 0.15) is 33.1 Å². The number of hydrogen-bond donors (Lipinski definition) is 1. The largest absolute Gasteiger partial charge is 0.492 e. The molecule has 4 heteroatoms. The standard InChI is InChI=1S/C14H21BrFNO/c1-14(2,10-17)7-3-4-8-18-13-9-11(16)5-6-12(13)15/h5-6,9H,3-4,7-8,10,17H2,1-2H3. The Balaban J connectivity index is 2.28. The summed E-state index contributed by atoms with van der Waals surface area (Å²) in [7, 11) is 0. The van der Waals surface area contributed by atoms with Crippen molar-refractivity contribution < 1.29 is 9.13 Å². The fourth-order valence-corrected chi connectivity index (χ4v) is 1.94. The first kappa shape index (κ1) is 15.4. The normalized spacial score (nSPS) is 11.6. The van der Waals surface area contributed by atoms with Gasteiger partial charge in [-0.25, -0.2) is 4.39 Å². The second-order valence-corrected chi connectivity index (χ2v) is 6.10. The Morgan fingerprint density at radius 3 is 2.72 bits per heavy atom. The fraction of sp³-hybridized carbons (Fsp3) is 0.571. The maximum absolute atomic E-state index is 13.0. The average Bonchev–Trinajstić information content (AvgIpc) is 2.33. The Bertz CT molecular complexity index is 382. The molecule has 0 spiro atoms. The molecule has 0 aliphatic carbocycles. The van der Waals surface area contributed by atoms with Crippen molar-refractivity contribution in [3.8, 4) is 5.75 Å². The molecule has 0 aliphatic rings. The topological polar surface area (TPSA) is 35.2 Å². The second kappa shape index (κ2) is 7.10. The number of unbranched alkanes of at least 4 members (excludes halogenated alkanes) is 1. The van der Waals surface area contributed by atoms with Crippen molar-refractivity contribution in [1.29, 1.82) is 0 Å². The molecule has 0 aromatic heterocycles.